The van der Waals surface area contributed by atoms with E-state index in [1.807, 2.05) is 68.4 Å². The number of likely N-dealkylation sites (tertiary alicyclic amines) is 1. The lowest BCUT2D eigenvalue weighted by Gasteiger charge is -2.41. The molecule has 2 atom stereocenters. The van der Waals surface area contributed by atoms with Crippen LogP contribution in [0.3, 0.4) is 0 Å². The second kappa shape index (κ2) is 10.7. The highest BCUT2D eigenvalue weighted by atomic mass is 35.5. The van der Waals surface area contributed by atoms with Gasteiger partial charge in [0, 0.05) is 29.4 Å². The fraction of sp³-hybridized carbons (Fsp3) is 0.258. The number of amides is 2. The number of aryl methyl sites for hydroxylation is 1. The second-order valence-electron chi connectivity index (χ2n) is 10.3. The summed E-state index contributed by atoms with van der Waals surface area (Å²) in [6.07, 6.45) is 0.566. The fourth-order valence-corrected chi connectivity index (χ4v) is 5.99. The Labute approximate surface area is 232 Å². The molecule has 3 aromatic carbocycles. The van der Waals surface area contributed by atoms with Crippen LogP contribution >= 0.6 is 11.6 Å². The van der Waals surface area contributed by atoms with E-state index in [0.717, 1.165) is 27.9 Å². The Bertz CT molecular complexity index is 1520. The van der Waals surface area contributed by atoms with E-state index in [9.17, 15) is 14.9 Å². The lowest BCUT2D eigenvalue weighted by molar-refractivity contribution is -0.131. The fourth-order valence-electron chi connectivity index (χ4n) is 5.70. The van der Waals surface area contributed by atoms with E-state index in [1.54, 1.807) is 30.3 Å². The number of carbonyl (C=O) groups excluding carboxylic acids is 2. The van der Waals surface area contributed by atoms with Gasteiger partial charge in [0.15, 0.2) is 0 Å². The van der Waals surface area contributed by atoms with Crippen LogP contribution in [-0.2, 0) is 16.1 Å². The van der Waals surface area contributed by atoms with Crippen molar-refractivity contribution in [2.75, 3.05) is 32.1 Å². The maximum atomic E-state index is 14.5. The number of hydrogen-bond acceptors (Lipinski definition) is 6. The number of halogens is 1. The minimum absolute atomic E-state index is 0.292. The van der Waals surface area contributed by atoms with Gasteiger partial charge in [-0.2, -0.15) is 5.26 Å². The molecule has 0 bridgehead atoms. The molecule has 0 spiro atoms. The van der Waals surface area contributed by atoms with Gasteiger partial charge in [-0.15, -0.1) is 0 Å². The van der Waals surface area contributed by atoms with Crippen molar-refractivity contribution in [1.29, 1.82) is 5.26 Å². The number of hydrogen-bond donors (Lipinski definition) is 0. The number of anilines is 1. The van der Waals surface area contributed by atoms with Gasteiger partial charge in [0.2, 0.25) is 6.41 Å². The Kier molecular flexibility index (Phi) is 7.28. The molecule has 1 fully saturated rings. The highest BCUT2D eigenvalue weighted by Gasteiger charge is 2.56. The van der Waals surface area contributed by atoms with E-state index in [4.69, 9.17) is 16.0 Å². The zero-order valence-corrected chi connectivity index (χ0v) is 22.9. The molecule has 5 rings (SSSR count). The minimum Gasteiger partial charge on any atom is -0.460 e. The second-order valence-corrected chi connectivity index (χ2v) is 10.7. The zero-order valence-electron chi connectivity index (χ0n) is 22.1. The Morgan fingerprint density at radius 1 is 1.15 bits per heavy atom. The first-order valence-corrected chi connectivity index (χ1v) is 13.1. The van der Waals surface area contributed by atoms with Gasteiger partial charge in [0.1, 0.15) is 16.9 Å². The molecule has 1 aliphatic heterocycles. The number of nitrogens with zero attached hydrogens (tertiary/aromatic N) is 4. The third-order valence-corrected chi connectivity index (χ3v) is 7.80. The van der Waals surface area contributed by atoms with Gasteiger partial charge < -0.3 is 4.42 Å². The van der Waals surface area contributed by atoms with Gasteiger partial charge in [-0.05, 0) is 74.6 Å². The van der Waals surface area contributed by atoms with Gasteiger partial charge in [0.25, 0.3) is 5.91 Å². The predicted octanol–water partition coefficient (Wildman–Crippen LogP) is 5.36. The van der Waals surface area contributed by atoms with Crippen LogP contribution in [0.4, 0.5) is 5.69 Å². The maximum Gasteiger partial charge on any atom is 0.256 e. The molecule has 4 aromatic rings. The first-order valence-electron chi connectivity index (χ1n) is 12.7. The number of imide groups is 1. The first-order chi connectivity index (χ1) is 18.7. The summed E-state index contributed by atoms with van der Waals surface area (Å²) in [5.41, 5.74) is 2.46. The summed E-state index contributed by atoms with van der Waals surface area (Å²) in [6.45, 7) is 3.29. The van der Waals surface area contributed by atoms with Crippen molar-refractivity contribution < 1.29 is 14.0 Å². The molecule has 1 aromatic heterocycles. The lowest BCUT2D eigenvalue weighted by atomic mass is 9.79. The summed E-state index contributed by atoms with van der Waals surface area (Å²) in [5, 5.41) is 10.8. The quantitative estimate of drug-likeness (QED) is 0.294. The molecule has 198 valence electrons. The molecule has 2 heterocycles. The molecule has 1 saturated heterocycles. The summed E-state index contributed by atoms with van der Waals surface area (Å²) in [6, 6.07) is 24.5. The number of carbonyl (C=O) groups is 2. The largest absolute Gasteiger partial charge is 0.460 e. The number of rotatable bonds is 7. The number of fused-ring (bicyclic) bond motifs is 1. The third-order valence-electron chi connectivity index (χ3n) is 7.58. The normalized spacial score (nSPS) is 19.3. The van der Waals surface area contributed by atoms with Crippen molar-refractivity contribution in [3.63, 3.8) is 0 Å². The third kappa shape index (κ3) is 4.95. The van der Waals surface area contributed by atoms with Gasteiger partial charge >= 0.3 is 0 Å². The monoisotopic (exact) mass is 540 g/mol. The van der Waals surface area contributed by atoms with E-state index >= 15 is 0 Å². The van der Waals surface area contributed by atoms with Crippen LogP contribution in [0, 0.1) is 18.3 Å². The molecule has 1 aliphatic rings. The van der Waals surface area contributed by atoms with E-state index in [1.165, 1.54) is 4.90 Å². The summed E-state index contributed by atoms with van der Waals surface area (Å²) in [4.78, 5) is 32.2. The van der Waals surface area contributed by atoms with Gasteiger partial charge in [-0.3, -0.25) is 24.3 Å². The standard InChI is InChI=1S/C31H29ClN4O3/c1-21-12-25(32)15-26(13-21)36(20-37)30(38)31(34(2)3)19-35(17-27-14-24-6-4-5-7-29(24)39-27)18-28(31)23-10-8-22(16-33)9-11-23/h4-15,20,28H,17-19H2,1-3H3/t28?,31-/m1/s1. The highest BCUT2D eigenvalue weighted by molar-refractivity contribution is 6.31. The van der Waals surface area contributed by atoms with Crippen LogP contribution < -0.4 is 4.90 Å². The molecule has 0 radical (unpaired) electrons. The molecular weight excluding hydrogens is 512 g/mol. The topological polar surface area (TPSA) is 80.8 Å². The average Bonchev–Trinajstić information content (AvgIpc) is 3.50. The number of nitriles is 1. The van der Waals surface area contributed by atoms with Crippen molar-refractivity contribution in [3.05, 3.63) is 100 Å². The zero-order chi connectivity index (χ0) is 27.7. The molecule has 0 aliphatic carbocycles. The van der Waals surface area contributed by atoms with E-state index < -0.39 is 5.54 Å². The Hall–Kier alpha value is -3.96. The van der Waals surface area contributed by atoms with Crippen LogP contribution in [0.15, 0.2) is 77.2 Å². The number of para-hydroxylation sites is 1. The molecular formula is C31H29ClN4O3. The van der Waals surface area contributed by atoms with Crippen molar-refractivity contribution in [3.8, 4) is 6.07 Å². The molecule has 0 saturated carbocycles. The number of furan rings is 1. The van der Waals surface area contributed by atoms with Crippen molar-refractivity contribution >= 4 is 40.6 Å². The Morgan fingerprint density at radius 2 is 1.90 bits per heavy atom. The Balaban J connectivity index is 1.57. The summed E-state index contributed by atoms with van der Waals surface area (Å²) >= 11 is 6.30. The van der Waals surface area contributed by atoms with Gasteiger partial charge in [-0.25, -0.2) is 0 Å². The van der Waals surface area contributed by atoms with Gasteiger partial charge in [0.05, 0.1) is 23.9 Å². The molecule has 1 unspecified atom stereocenters. The Morgan fingerprint density at radius 3 is 2.54 bits per heavy atom. The van der Waals surface area contributed by atoms with Crippen LogP contribution in [-0.4, -0.2) is 54.8 Å². The molecule has 8 heteroatoms. The summed E-state index contributed by atoms with van der Waals surface area (Å²) in [7, 11) is 3.73. The molecule has 0 N–H and O–H groups in total. The SMILES string of the molecule is Cc1cc(Cl)cc(N(C=O)C(=O)[C@@]2(N(C)C)CN(Cc3cc4ccccc4o3)CC2c2ccc(C#N)cc2)c1. The van der Waals surface area contributed by atoms with Gasteiger partial charge in [-0.1, -0.05) is 41.9 Å². The van der Waals surface area contributed by atoms with E-state index in [0.29, 0.717) is 42.3 Å². The summed E-state index contributed by atoms with van der Waals surface area (Å²) < 4.78 is 6.10. The number of benzene rings is 3. The smallest absolute Gasteiger partial charge is 0.256 e. The van der Waals surface area contributed by atoms with Crippen molar-refractivity contribution in [2.45, 2.75) is 24.9 Å². The van der Waals surface area contributed by atoms with Crippen molar-refractivity contribution in [1.82, 2.24) is 9.80 Å². The predicted molar refractivity (Wildman–Crippen MR) is 152 cm³/mol. The summed E-state index contributed by atoms with van der Waals surface area (Å²) in [5.74, 6) is 0.167. The molecule has 39 heavy (non-hydrogen) atoms. The van der Waals surface area contributed by atoms with Crippen LogP contribution in [0.2, 0.25) is 5.02 Å². The van der Waals surface area contributed by atoms with Crippen molar-refractivity contribution in [2.24, 2.45) is 0 Å². The highest BCUT2D eigenvalue weighted by Crippen LogP contribution is 2.42. The van der Waals surface area contributed by atoms with Crippen LogP contribution in [0.25, 0.3) is 11.0 Å². The number of likely N-dealkylation sites (N-methyl/N-ethyl adjacent to an activating group) is 1. The van der Waals surface area contributed by atoms with Crippen LogP contribution in [0.5, 0.6) is 0 Å². The molecule has 2 amide bonds. The van der Waals surface area contributed by atoms with E-state index in [-0.39, 0.29) is 11.8 Å². The lowest BCUT2D eigenvalue weighted by Crippen LogP contribution is -2.61. The average molecular weight is 541 g/mol. The molecule has 7 nitrogen and oxygen atoms in total. The van der Waals surface area contributed by atoms with Crippen LogP contribution in [0.1, 0.15) is 28.4 Å². The maximum absolute atomic E-state index is 14.5. The first kappa shape index (κ1) is 26.6. The van der Waals surface area contributed by atoms with E-state index in [2.05, 4.69) is 11.0 Å². The minimum atomic E-state index is -1.09.